The molecule has 1 saturated heterocycles. The average Bonchev–Trinajstić information content (AvgIpc) is 3.35. The van der Waals surface area contributed by atoms with E-state index >= 15 is 0 Å². The van der Waals surface area contributed by atoms with Crippen LogP contribution in [0.2, 0.25) is 0 Å². The van der Waals surface area contributed by atoms with Crippen LogP contribution in [0.4, 0.5) is 0 Å². The number of hydrogen-bond acceptors (Lipinski definition) is 3. The quantitative estimate of drug-likeness (QED) is 0.899. The van der Waals surface area contributed by atoms with E-state index in [-0.39, 0.29) is 23.8 Å². The zero-order valence-electron chi connectivity index (χ0n) is 14.6. The molecule has 1 aliphatic carbocycles. The lowest BCUT2D eigenvalue weighted by Crippen LogP contribution is -2.60. The molecule has 130 valence electrons. The minimum atomic E-state index is -0.635. The number of amides is 1. The second kappa shape index (κ2) is 6.28. The van der Waals surface area contributed by atoms with Crippen molar-refractivity contribution >= 4 is 5.91 Å². The molecule has 2 aliphatic rings. The number of primary amides is 1. The van der Waals surface area contributed by atoms with Crippen molar-refractivity contribution in [3.8, 4) is 0 Å². The van der Waals surface area contributed by atoms with Crippen LogP contribution in [0.1, 0.15) is 29.9 Å². The summed E-state index contributed by atoms with van der Waals surface area (Å²) in [6.07, 6.45) is 0. The summed E-state index contributed by atoms with van der Waals surface area (Å²) in [5.41, 5.74) is 7.84. The van der Waals surface area contributed by atoms with Crippen molar-refractivity contribution in [3.05, 3.63) is 71.8 Å². The minimum absolute atomic E-state index is 0.106. The van der Waals surface area contributed by atoms with Crippen LogP contribution in [-0.2, 0) is 4.79 Å². The summed E-state index contributed by atoms with van der Waals surface area (Å²) >= 11 is 0. The fraction of sp³-hybridized carbons (Fsp3) is 0.381. The van der Waals surface area contributed by atoms with Crippen LogP contribution in [0.25, 0.3) is 0 Å². The molecule has 3 unspecified atom stereocenters. The Morgan fingerprint density at radius 2 is 1.56 bits per heavy atom. The van der Waals surface area contributed by atoms with E-state index in [4.69, 9.17) is 5.73 Å². The van der Waals surface area contributed by atoms with E-state index in [9.17, 15) is 4.79 Å². The lowest BCUT2D eigenvalue weighted by Gasteiger charge is -2.40. The number of rotatable bonds is 4. The molecule has 1 amide bonds. The van der Waals surface area contributed by atoms with Gasteiger partial charge in [-0.25, -0.2) is 0 Å². The van der Waals surface area contributed by atoms with Crippen LogP contribution in [0.3, 0.4) is 0 Å². The summed E-state index contributed by atoms with van der Waals surface area (Å²) in [7, 11) is 0. The molecule has 1 heterocycles. The van der Waals surface area contributed by atoms with Crippen molar-refractivity contribution in [2.75, 3.05) is 19.6 Å². The number of nitrogens with zero attached hydrogens (tertiary/aromatic N) is 1. The maximum absolute atomic E-state index is 12.9. The maximum Gasteiger partial charge on any atom is 0.239 e. The Hall–Kier alpha value is -2.17. The molecular formula is C21H25N3O. The minimum Gasteiger partial charge on any atom is -0.368 e. The first-order valence-electron chi connectivity index (χ1n) is 9.04. The van der Waals surface area contributed by atoms with E-state index in [1.807, 2.05) is 36.4 Å². The molecule has 4 nitrogen and oxygen atoms in total. The van der Waals surface area contributed by atoms with Crippen molar-refractivity contribution in [1.82, 2.24) is 10.2 Å². The Morgan fingerprint density at radius 1 is 1.04 bits per heavy atom. The molecule has 2 aromatic carbocycles. The summed E-state index contributed by atoms with van der Waals surface area (Å²) in [4.78, 5) is 15.2. The van der Waals surface area contributed by atoms with Crippen molar-refractivity contribution in [2.24, 2.45) is 5.73 Å². The SMILES string of the molecule is CC1CNCCN1C1(C(N)=O)C(c2ccccc2)C1c1ccccc1. The number of carbonyl (C=O) groups excluding carboxylic acids is 1. The van der Waals surface area contributed by atoms with Gasteiger partial charge in [-0.2, -0.15) is 0 Å². The van der Waals surface area contributed by atoms with E-state index < -0.39 is 5.54 Å². The standard InChI is InChI=1S/C21H25N3O/c1-15-14-23-12-13-24(15)21(20(22)25)18(16-8-4-2-5-9-16)19(21)17-10-6-3-7-11-17/h2-11,15,18-19,23H,12-14H2,1H3,(H2,22,25). The highest BCUT2D eigenvalue weighted by molar-refractivity contribution is 5.93. The molecule has 0 spiro atoms. The third-order valence-corrected chi connectivity index (χ3v) is 5.86. The van der Waals surface area contributed by atoms with Gasteiger partial charge in [0.2, 0.25) is 5.91 Å². The molecule has 4 rings (SSSR count). The molecule has 1 aliphatic heterocycles. The van der Waals surface area contributed by atoms with Gasteiger partial charge in [-0.15, -0.1) is 0 Å². The Bertz CT molecular complexity index is 701. The molecule has 3 atom stereocenters. The predicted octanol–water partition coefficient (Wildman–Crippen LogP) is 2.09. The van der Waals surface area contributed by atoms with Crippen LogP contribution >= 0.6 is 0 Å². The van der Waals surface area contributed by atoms with E-state index in [0.717, 1.165) is 19.6 Å². The van der Waals surface area contributed by atoms with Crippen molar-refractivity contribution in [2.45, 2.75) is 30.3 Å². The largest absolute Gasteiger partial charge is 0.368 e. The lowest BCUT2D eigenvalue weighted by atomic mass is 10.0. The second-order valence-electron chi connectivity index (χ2n) is 7.21. The number of nitrogens with one attached hydrogen (secondary N) is 1. The lowest BCUT2D eigenvalue weighted by molar-refractivity contribution is -0.126. The Kier molecular flexibility index (Phi) is 4.10. The Labute approximate surface area is 149 Å². The zero-order valence-corrected chi connectivity index (χ0v) is 14.6. The maximum atomic E-state index is 12.9. The highest BCUT2D eigenvalue weighted by Gasteiger charge is 2.73. The number of benzene rings is 2. The van der Waals surface area contributed by atoms with E-state index in [1.54, 1.807) is 0 Å². The molecule has 3 N–H and O–H groups in total. The first-order valence-corrected chi connectivity index (χ1v) is 9.04. The van der Waals surface area contributed by atoms with Crippen LogP contribution in [0.5, 0.6) is 0 Å². The molecule has 0 aromatic heterocycles. The number of piperazine rings is 1. The fourth-order valence-electron chi connectivity index (χ4n) is 4.78. The van der Waals surface area contributed by atoms with Crippen LogP contribution in [-0.4, -0.2) is 42.0 Å². The first kappa shape index (κ1) is 16.3. The van der Waals surface area contributed by atoms with E-state index in [0.29, 0.717) is 0 Å². The molecule has 4 heteroatoms. The van der Waals surface area contributed by atoms with Crippen LogP contribution < -0.4 is 11.1 Å². The molecule has 0 bridgehead atoms. The van der Waals surface area contributed by atoms with Gasteiger partial charge >= 0.3 is 0 Å². The summed E-state index contributed by atoms with van der Waals surface area (Å²) < 4.78 is 0. The molecule has 0 radical (unpaired) electrons. The van der Waals surface area contributed by atoms with Gasteiger partial charge < -0.3 is 11.1 Å². The second-order valence-corrected chi connectivity index (χ2v) is 7.21. The molecule has 25 heavy (non-hydrogen) atoms. The smallest absolute Gasteiger partial charge is 0.239 e. The summed E-state index contributed by atoms with van der Waals surface area (Å²) in [5.74, 6) is 0.00672. The molecule has 2 fully saturated rings. The molecule has 2 aromatic rings. The van der Waals surface area contributed by atoms with Crippen molar-refractivity contribution < 1.29 is 4.79 Å². The highest BCUT2D eigenvalue weighted by atomic mass is 16.2. The number of hydrogen-bond donors (Lipinski definition) is 2. The summed E-state index contributed by atoms with van der Waals surface area (Å²) in [6.45, 7) is 4.80. The third-order valence-electron chi connectivity index (χ3n) is 5.86. The number of carbonyl (C=O) groups is 1. The average molecular weight is 335 g/mol. The van der Waals surface area contributed by atoms with E-state index in [2.05, 4.69) is 41.4 Å². The van der Waals surface area contributed by atoms with Gasteiger partial charge in [0.1, 0.15) is 5.54 Å². The monoisotopic (exact) mass is 335 g/mol. The van der Waals surface area contributed by atoms with Gasteiger partial charge in [-0.3, -0.25) is 9.69 Å². The van der Waals surface area contributed by atoms with Gasteiger partial charge in [-0.1, -0.05) is 60.7 Å². The highest BCUT2D eigenvalue weighted by Crippen LogP contribution is 2.67. The Balaban J connectivity index is 1.83. The molecule has 1 saturated carbocycles. The topological polar surface area (TPSA) is 58.4 Å². The zero-order chi connectivity index (χ0) is 17.4. The number of nitrogens with two attached hydrogens (primary N) is 1. The van der Waals surface area contributed by atoms with Gasteiger partial charge in [0.05, 0.1) is 0 Å². The van der Waals surface area contributed by atoms with Crippen molar-refractivity contribution in [3.63, 3.8) is 0 Å². The van der Waals surface area contributed by atoms with Crippen molar-refractivity contribution in [1.29, 1.82) is 0 Å². The van der Waals surface area contributed by atoms with Gasteiger partial charge in [0.25, 0.3) is 0 Å². The van der Waals surface area contributed by atoms with Gasteiger partial charge in [-0.05, 0) is 18.1 Å². The van der Waals surface area contributed by atoms with Gasteiger partial charge in [0.15, 0.2) is 0 Å². The molecular weight excluding hydrogens is 310 g/mol. The Morgan fingerprint density at radius 3 is 2.00 bits per heavy atom. The van der Waals surface area contributed by atoms with Crippen LogP contribution in [0, 0.1) is 0 Å². The normalized spacial score (nSPS) is 32.3. The van der Waals surface area contributed by atoms with E-state index in [1.165, 1.54) is 11.1 Å². The summed E-state index contributed by atoms with van der Waals surface area (Å²) in [6, 6.07) is 21.0. The third kappa shape index (κ3) is 2.48. The summed E-state index contributed by atoms with van der Waals surface area (Å²) in [5, 5.41) is 3.42. The van der Waals surface area contributed by atoms with Gasteiger partial charge in [0, 0.05) is 37.5 Å². The predicted molar refractivity (Wildman–Crippen MR) is 99.3 cm³/mol. The first-order chi connectivity index (χ1) is 12.2. The van der Waals surface area contributed by atoms with Crippen LogP contribution in [0.15, 0.2) is 60.7 Å². The fourth-order valence-corrected chi connectivity index (χ4v) is 4.78.